The van der Waals surface area contributed by atoms with Gasteiger partial charge in [-0.05, 0) is 107 Å². The van der Waals surface area contributed by atoms with Crippen molar-refractivity contribution in [2.75, 3.05) is 25.0 Å². The van der Waals surface area contributed by atoms with Crippen LogP contribution >= 0.6 is 0 Å². The van der Waals surface area contributed by atoms with Gasteiger partial charge >= 0.3 is 12.0 Å². The molecule has 1 unspecified atom stereocenters. The first-order chi connectivity index (χ1) is 29.9. The zero-order valence-electron chi connectivity index (χ0n) is 40.5. The van der Waals surface area contributed by atoms with Crippen molar-refractivity contribution in [1.29, 1.82) is 0 Å². The highest BCUT2D eigenvalue weighted by molar-refractivity contribution is 6.00. The number of anilines is 1. The molecule has 0 saturated carbocycles. The van der Waals surface area contributed by atoms with Gasteiger partial charge in [-0.2, -0.15) is 0 Å². The standard InChI is InChI=1S/C45H68N4O8.C4H10N2O/c1-12-39(52)56-28-32-13-19-36(20-14-32)47-38(51)27-46-43(55)40(31(6)7)48-37(50)21-22-45(10,11)57-24-23-44(8,9)49-42(54)34-17-15-33(16-18-34)41(53)35(25-29(2)3)26-30(4)5;1-2-3-6-4(5)7/h13-20,29-31,35,40H,12,21-28H2,1-11H3,(H,46,55)(H,47,51)(H,48,50)(H,49,54);2-3H2,1H3,(H3,5,6,7). The third kappa shape index (κ3) is 23.9. The number of carbonyl (C=O) groups is 7. The Hall–Kier alpha value is -5.31. The smallest absolute Gasteiger partial charge is 0.312 e. The van der Waals surface area contributed by atoms with E-state index in [9.17, 15) is 33.6 Å². The van der Waals surface area contributed by atoms with E-state index in [1.165, 1.54) is 0 Å². The van der Waals surface area contributed by atoms with Crippen LogP contribution in [0, 0.1) is 23.7 Å². The summed E-state index contributed by atoms with van der Waals surface area (Å²) >= 11 is 0. The molecule has 2 rings (SSSR count). The largest absolute Gasteiger partial charge is 0.461 e. The molecule has 358 valence electrons. The van der Waals surface area contributed by atoms with Gasteiger partial charge in [0, 0.05) is 54.3 Å². The van der Waals surface area contributed by atoms with Gasteiger partial charge < -0.3 is 41.8 Å². The molecule has 0 bridgehead atoms. The fourth-order valence-electron chi connectivity index (χ4n) is 6.44. The first-order valence-electron chi connectivity index (χ1n) is 22.6. The molecule has 0 radical (unpaired) electrons. The molecule has 7 N–H and O–H groups in total. The molecule has 0 aliphatic carbocycles. The Balaban J connectivity index is 0.00000269. The van der Waals surface area contributed by atoms with E-state index in [1.807, 2.05) is 48.5 Å². The summed E-state index contributed by atoms with van der Waals surface area (Å²) in [5.41, 5.74) is 5.88. The molecule has 1 atom stereocenters. The SMILES string of the molecule is CCC(=O)OCc1ccc(NC(=O)CNC(=O)C(NC(=O)CCC(C)(C)OCCC(C)(C)NC(=O)c2ccc(C(=O)C(CC(C)C)CC(C)C)cc2)C(C)C)cc1.CCCNC(N)=O. The molecule has 0 aromatic heterocycles. The van der Waals surface area contributed by atoms with Crippen LogP contribution in [0.5, 0.6) is 0 Å². The zero-order valence-corrected chi connectivity index (χ0v) is 40.5. The molecule has 0 saturated heterocycles. The Bertz CT molecular complexity index is 1780. The number of ketones is 1. The number of primary amides is 1. The first-order valence-corrected chi connectivity index (χ1v) is 22.6. The van der Waals surface area contributed by atoms with Gasteiger partial charge in [-0.15, -0.1) is 0 Å². The minimum Gasteiger partial charge on any atom is -0.461 e. The molecule has 0 aliphatic rings. The summed E-state index contributed by atoms with van der Waals surface area (Å²) in [5.74, 6) is -1.06. The summed E-state index contributed by atoms with van der Waals surface area (Å²) in [6.45, 7) is 24.3. The Morgan fingerprint density at radius 2 is 1.31 bits per heavy atom. The second kappa shape index (κ2) is 28.5. The summed E-state index contributed by atoms with van der Waals surface area (Å²) in [6, 6.07) is 12.4. The highest BCUT2D eigenvalue weighted by Gasteiger charge is 2.28. The van der Waals surface area contributed by atoms with Crippen molar-refractivity contribution in [3.05, 3.63) is 65.2 Å². The van der Waals surface area contributed by atoms with Gasteiger partial charge in [-0.1, -0.05) is 79.7 Å². The van der Waals surface area contributed by atoms with Crippen LogP contribution in [-0.4, -0.2) is 78.3 Å². The quantitative estimate of drug-likeness (QED) is 0.0407. The minimum atomic E-state index is -0.841. The topological polar surface area (TPSA) is 224 Å². The van der Waals surface area contributed by atoms with E-state index < -0.39 is 35.0 Å². The number of esters is 1. The highest BCUT2D eigenvalue weighted by atomic mass is 16.5. The van der Waals surface area contributed by atoms with Crippen LogP contribution in [0.2, 0.25) is 0 Å². The molecule has 0 aliphatic heterocycles. The summed E-state index contributed by atoms with van der Waals surface area (Å²) in [6.07, 6.45) is 3.92. The number of amides is 6. The molecule has 0 fully saturated rings. The van der Waals surface area contributed by atoms with E-state index in [1.54, 1.807) is 55.5 Å². The van der Waals surface area contributed by atoms with Gasteiger partial charge in [0.2, 0.25) is 17.7 Å². The molecule has 6 amide bonds. The number of hydrogen-bond acceptors (Lipinski definition) is 9. The molecule has 15 heteroatoms. The third-order valence-corrected chi connectivity index (χ3v) is 10.1. The van der Waals surface area contributed by atoms with Crippen LogP contribution in [0.3, 0.4) is 0 Å². The predicted molar refractivity (Wildman–Crippen MR) is 251 cm³/mol. The lowest BCUT2D eigenvalue weighted by molar-refractivity contribution is -0.144. The fraction of sp³-hybridized carbons (Fsp3) is 0.612. The van der Waals surface area contributed by atoms with Gasteiger partial charge in [0.15, 0.2) is 5.78 Å². The number of rotatable bonds is 26. The second-order valence-electron chi connectivity index (χ2n) is 18.7. The van der Waals surface area contributed by atoms with Crippen LogP contribution in [0.1, 0.15) is 154 Å². The minimum absolute atomic E-state index is 0.0398. The zero-order chi connectivity index (χ0) is 48.6. The molecule has 2 aromatic rings. The summed E-state index contributed by atoms with van der Waals surface area (Å²) in [5, 5.41) is 13.6. The number of nitrogens with one attached hydrogen (secondary N) is 5. The van der Waals surface area contributed by atoms with Crippen molar-refractivity contribution in [2.45, 2.75) is 152 Å². The summed E-state index contributed by atoms with van der Waals surface area (Å²) < 4.78 is 11.3. The van der Waals surface area contributed by atoms with Crippen LogP contribution < -0.4 is 32.3 Å². The Labute approximate surface area is 381 Å². The number of urea groups is 1. The number of benzene rings is 2. The van der Waals surface area contributed by atoms with Gasteiger partial charge in [0.1, 0.15) is 12.6 Å². The van der Waals surface area contributed by atoms with Crippen molar-refractivity contribution >= 4 is 47.1 Å². The van der Waals surface area contributed by atoms with E-state index in [-0.39, 0.29) is 55.0 Å². The van der Waals surface area contributed by atoms with E-state index in [0.717, 1.165) is 24.8 Å². The van der Waals surface area contributed by atoms with Crippen LogP contribution in [0.4, 0.5) is 10.5 Å². The first kappa shape index (κ1) is 56.7. The second-order valence-corrected chi connectivity index (χ2v) is 18.7. The van der Waals surface area contributed by atoms with Crippen LogP contribution in [0.15, 0.2) is 48.5 Å². The van der Waals surface area contributed by atoms with E-state index in [4.69, 9.17) is 15.2 Å². The molecule has 0 heterocycles. The monoisotopic (exact) mass is 895 g/mol. The molecule has 64 heavy (non-hydrogen) atoms. The number of ether oxygens (including phenoxy) is 2. The predicted octanol–water partition coefficient (Wildman–Crippen LogP) is 7.47. The fourth-order valence-corrected chi connectivity index (χ4v) is 6.44. The van der Waals surface area contributed by atoms with Crippen molar-refractivity contribution in [3.8, 4) is 0 Å². The van der Waals surface area contributed by atoms with Crippen molar-refractivity contribution in [2.24, 2.45) is 29.4 Å². The van der Waals surface area contributed by atoms with Crippen molar-refractivity contribution in [3.63, 3.8) is 0 Å². The average Bonchev–Trinajstić information content (AvgIpc) is 3.21. The number of carbonyl (C=O) groups excluding carboxylic acids is 7. The number of Topliss-reactive ketones (excluding diaryl/α,β-unsaturated/α-hetero) is 1. The van der Waals surface area contributed by atoms with Crippen molar-refractivity contribution < 1.29 is 43.0 Å². The Morgan fingerprint density at radius 3 is 1.81 bits per heavy atom. The molecule has 2 aromatic carbocycles. The lowest BCUT2D eigenvalue weighted by atomic mass is 9.84. The highest BCUT2D eigenvalue weighted by Crippen LogP contribution is 2.25. The van der Waals surface area contributed by atoms with Crippen molar-refractivity contribution in [1.82, 2.24) is 21.3 Å². The van der Waals surface area contributed by atoms with Gasteiger partial charge in [0.05, 0.1) is 12.1 Å². The van der Waals surface area contributed by atoms with Crippen LogP contribution in [0.25, 0.3) is 0 Å². The molecular weight excluding hydrogens is 817 g/mol. The summed E-state index contributed by atoms with van der Waals surface area (Å²) in [7, 11) is 0. The summed E-state index contributed by atoms with van der Waals surface area (Å²) in [4.78, 5) is 86.1. The maximum Gasteiger partial charge on any atom is 0.312 e. The van der Waals surface area contributed by atoms with Gasteiger partial charge in [-0.3, -0.25) is 28.8 Å². The Morgan fingerprint density at radius 1 is 0.734 bits per heavy atom. The Kier molecular flexibility index (Phi) is 25.2. The van der Waals surface area contributed by atoms with E-state index in [0.29, 0.717) is 61.1 Å². The maximum atomic E-state index is 13.3. The van der Waals surface area contributed by atoms with Gasteiger partial charge in [-0.25, -0.2) is 4.79 Å². The van der Waals surface area contributed by atoms with Crippen LogP contribution in [-0.2, 0) is 35.3 Å². The lowest BCUT2D eigenvalue weighted by Gasteiger charge is -2.30. The molecular formula is C49H78N6O9. The number of nitrogens with two attached hydrogens (primary N) is 1. The average molecular weight is 895 g/mol. The molecule has 15 nitrogen and oxygen atoms in total. The lowest BCUT2D eigenvalue weighted by Crippen LogP contribution is -2.51. The number of hydrogen-bond donors (Lipinski definition) is 6. The molecule has 0 spiro atoms. The van der Waals surface area contributed by atoms with E-state index in [2.05, 4.69) is 54.3 Å². The third-order valence-electron chi connectivity index (χ3n) is 10.1. The van der Waals surface area contributed by atoms with E-state index >= 15 is 0 Å². The maximum absolute atomic E-state index is 13.3. The normalized spacial score (nSPS) is 11.9. The van der Waals surface area contributed by atoms with Gasteiger partial charge in [0.25, 0.3) is 5.91 Å².